The molecule has 6 nitrogen and oxygen atoms in total. The van der Waals surface area contributed by atoms with Crippen molar-refractivity contribution in [2.24, 2.45) is 0 Å². The van der Waals surface area contributed by atoms with Gasteiger partial charge in [-0.15, -0.1) is 11.3 Å². The lowest BCUT2D eigenvalue weighted by Gasteiger charge is -2.04. The number of thiophene rings is 1. The Hall–Kier alpha value is -3.32. The molecule has 1 aromatic carbocycles. The maximum Gasteiger partial charge on any atom is 0.357 e. The largest absolute Gasteiger partial charge is 0.453 e. The van der Waals surface area contributed by atoms with E-state index in [1.54, 1.807) is 18.2 Å². The minimum Gasteiger partial charge on any atom is -0.453 e. The van der Waals surface area contributed by atoms with Gasteiger partial charge >= 0.3 is 5.97 Å². The van der Waals surface area contributed by atoms with Crippen molar-refractivity contribution < 1.29 is 9.53 Å². The zero-order chi connectivity index (χ0) is 17.9. The highest BCUT2D eigenvalue weighted by Crippen LogP contribution is 2.30. The van der Waals surface area contributed by atoms with Crippen molar-refractivity contribution in [2.45, 2.75) is 6.61 Å². The Kier molecular flexibility index (Phi) is 4.28. The number of nitrogens with zero attached hydrogens (tertiary/aromatic N) is 2. The van der Waals surface area contributed by atoms with Crippen LogP contribution in [0, 0.1) is 0 Å². The average molecular weight is 363 g/mol. The summed E-state index contributed by atoms with van der Waals surface area (Å²) in [6, 6.07) is 14.6. The predicted molar refractivity (Wildman–Crippen MR) is 99.0 cm³/mol. The van der Waals surface area contributed by atoms with Gasteiger partial charge in [0, 0.05) is 17.1 Å². The molecule has 0 unspecified atom stereocenters. The molecule has 0 atom stereocenters. The highest BCUT2D eigenvalue weighted by molar-refractivity contribution is 7.17. The van der Waals surface area contributed by atoms with E-state index in [1.165, 1.54) is 17.5 Å². The normalized spacial score (nSPS) is 10.8. The second-order valence-electron chi connectivity index (χ2n) is 5.50. The second kappa shape index (κ2) is 6.89. The number of aromatic nitrogens is 3. The number of hydrogen-bond donors (Lipinski definition) is 1. The van der Waals surface area contributed by atoms with Crippen molar-refractivity contribution in [3.8, 4) is 11.1 Å². The molecule has 0 saturated heterocycles. The fourth-order valence-electron chi connectivity index (χ4n) is 2.58. The van der Waals surface area contributed by atoms with E-state index >= 15 is 0 Å². The third-order valence-electron chi connectivity index (χ3n) is 3.79. The first kappa shape index (κ1) is 16.2. The van der Waals surface area contributed by atoms with Crippen LogP contribution in [0.1, 0.15) is 16.3 Å². The minimum atomic E-state index is -0.565. The third-order valence-corrected chi connectivity index (χ3v) is 4.66. The van der Waals surface area contributed by atoms with Gasteiger partial charge in [-0.1, -0.05) is 36.4 Å². The monoisotopic (exact) mass is 363 g/mol. The maximum atomic E-state index is 12.5. The highest BCUT2D eigenvalue weighted by Gasteiger charge is 2.14. The number of carbonyl (C=O) groups excluding carboxylic acids is 1. The van der Waals surface area contributed by atoms with Crippen molar-refractivity contribution in [1.82, 2.24) is 15.0 Å². The lowest BCUT2D eigenvalue weighted by Crippen LogP contribution is -2.14. The molecule has 1 N–H and O–H groups in total. The standard InChI is InChI=1S/C19H13N3O3S/c23-17-16-13(12-6-2-1-3-7-12)11-26-18(16)22-15(21-17)10-25-19(24)14-8-4-5-9-20-14/h1-9,11H,10H2,(H,21,22,23). The maximum absolute atomic E-state index is 12.5. The number of H-pyrrole nitrogens is 1. The van der Waals surface area contributed by atoms with E-state index < -0.39 is 5.97 Å². The molecular weight excluding hydrogens is 350 g/mol. The van der Waals surface area contributed by atoms with Crippen LogP contribution < -0.4 is 5.56 Å². The Morgan fingerprint density at radius 2 is 1.92 bits per heavy atom. The third kappa shape index (κ3) is 3.12. The molecule has 0 aliphatic rings. The molecule has 7 heteroatoms. The van der Waals surface area contributed by atoms with Gasteiger partial charge < -0.3 is 9.72 Å². The topological polar surface area (TPSA) is 84.9 Å². The summed E-state index contributed by atoms with van der Waals surface area (Å²) in [5.41, 5.74) is 1.76. The fourth-order valence-corrected chi connectivity index (χ4v) is 3.55. The Balaban J connectivity index is 1.61. The van der Waals surface area contributed by atoms with Crippen LogP contribution in [-0.2, 0) is 11.3 Å². The van der Waals surface area contributed by atoms with E-state index in [9.17, 15) is 9.59 Å². The molecule has 4 aromatic rings. The summed E-state index contributed by atoms with van der Waals surface area (Å²) in [5, 5.41) is 2.45. The van der Waals surface area contributed by atoms with E-state index in [1.807, 2.05) is 35.7 Å². The van der Waals surface area contributed by atoms with Crippen LogP contribution in [0.5, 0.6) is 0 Å². The van der Waals surface area contributed by atoms with Gasteiger partial charge in [-0.3, -0.25) is 4.79 Å². The van der Waals surface area contributed by atoms with Gasteiger partial charge in [-0.05, 0) is 17.7 Å². The number of pyridine rings is 1. The summed E-state index contributed by atoms with van der Waals surface area (Å²) in [5.74, 6) is -0.266. The molecule has 4 rings (SSSR count). The fraction of sp³-hybridized carbons (Fsp3) is 0.0526. The average Bonchev–Trinajstić information content (AvgIpc) is 3.12. The molecule has 0 bridgehead atoms. The van der Waals surface area contributed by atoms with Gasteiger partial charge in [-0.25, -0.2) is 14.8 Å². The highest BCUT2D eigenvalue weighted by atomic mass is 32.1. The van der Waals surface area contributed by atoms with Crippen LogP contribution in [0.25, 0.3) is 21.3 Å². The summed E-state index contributed by atoms with van der Waals surface area (Å²) in [7, 11) is 0. The molecule has 0 saturated carbocycles. The number of benzene rings is 1. The van der Waals surface area contributed by atoms with Gasteiger partial charge in [0.15, 0.2) is 0 Å². The number of hydrogen-bond acceptors (Lipinski definition) is 6. The Morgan fingerprint density at radius 3 is 2.69 bits per heavy atom. The number of ether oxygens (including phenoxy) is 1. The molecule has 3 aromatic heterocycles. The first-order valence-electron chi connectivity index (χ1n) is 7.86. The quantitative estimate of drug-likeness (QED) is 0.562. The van der Waals surface area contributed by atoms with E-state index in [0.29, 0.717) is 16.0 Å². The molecule has 0 aliphatic carbocycles. The van der Waals surface area contributed by atoms with Crippen molar-refractivity contribution in [3.05, 3.63) is 82.0 Å². The predicted octanol–water partition coefficient (Wildman–Crippen LogP) is 3.40. The van der Waals surface area contributed by atoms with Crippen LogP contribution in [0.15, 0.2) is 64.9 Å². The first-order chi connectivity index (χ1) is 12.7. The molecule has 3 heterocycles. The minimum absolute atomic E-state index is 0.126. The zero-order valence-corrected chi connectivity index (χ0v) is 14.3. The number of carbonyl (C=O) groups is 1. The second-order valence-corrected chi connectivity index (χ2v) is 6.36. The van der Waals surface area contributed by atoms with Gasteiger partial charge in [-0.2, -0.15) is 0 Å². The Bertz CT molecular complexity index is 1120. The van der Waals surface area contributed by atoms with Crippen molar-refractivity contribution in [2.75, 3.05) is 0 Å². The molecule has 0 amide bonds. The summed E-state index contributed by atoms with van der Waals surface area (Å²) in [6.45, 7) is -0.126. The smallest absolute Gasteiger partial charge is 0.357 e. The first-order valence-corrected chi connectivity index (χ1v) is 8.74. The SMILES string of the molecule is O=C(OCc1nc2scc(-c3ccccc3)c2c(=O)[nH]1)c1ccccn1. The van der Waals surface area contributed by atoms with Crippen LogP contribution in [0.4, 0.5) is 0 Å². The van der Waals surface area contributed by atoms with Gasteiger partial charge in [0.1, 0.15) is 23.0 Å². The van der Waals surface area contributed by atoms with Gasteiger partial charge in [0.2, 0.25) is 0 Å². The molecule has 0 radical (unpaired) electrons. The lowest BCUT2D eigenvalue weighted by molar-refractivity contribution is 0.0455. The van der Waals surface area contributed by atoms with Crippen molar-refractivity contribution in [3.63, 3.8) is 0 Å². The number of rotatable bonds is 4. The molecule has 26 heavy (non-hydrogen) atoms. The number of nitrogens with one attached hydrogen (secondary N) is 1. The Labute approximate surface area is 152 Å². The molecular formula is C19H13N3O3S. The van der Waals surface area contributed by atoms with Gasteiger partial charge in [0.25, 0.3) is 5.56 Å². The van der Waals surface area contributed by atoms with Crippen molar-refractivity contribution >= 4 is 27.5 Å². The van der Waals surface area contributed by atoms with Crippen LogP contribution in [-0.4, -0.2) is 20.9 Å². The van der Waals surface area contributed by atoms with Gasteiger partial charge in [0.05, 0.1) is 5.39 Å². The van der Waals surface area contributed by atoms with Crippen LogP contribution in [0.3, 0.4) is 0 Å². The molecule has 128 valence electrons. The molecule has 0 spiro atoms. The van der Waals surface area contributed by atoms with E-state index in [2.05, 4.69) is 15.0 Å². The van der Waals surface area contributed by atoms with E-state index in [4.69, 9.17) is 4.74 Å². The number of aromatic amines is 1. The summed E-state index contributed by atoms with van der Waals surface area (Å²) in [4.78, 5) is 36.1. The number of fused-ring (bicyclic) bond motifs is 1. The van der Waals surface area contributed by atoms with Crippen molar-refractivity contribution in [1.29, 1.82) is 0 Å². The summed E-state index contributed by atoms with van der Waals surface area (Å²) < 4.78 is 5.18. The van der Waals surface area contributed by atoms with E-state index in [0.717, 1.165) is 11.1 Å². The Morgan fingerprint density at radius 1 is 1.12 bits per heavy atom. The van der Waals surface area contributed by atoms with E-state index in [-0.39, 0.29) is 17.9 Å². The molecule has 0 aliphatic heterocycles. The zero-order valence-electron chi connectivity index (χ0n) is 13.5. The summed E-state index contributed by atoms with van der Waals surface area (Å²) >= 11 is 1.38. The summed E-state index contributed by atoms with van der Waals surface area (Å²) in [6.07, 6.45) is 1.51. The van der Waals surface area contributed by atoms with Crippen LogP contribution >= 0.6 is 11.3 Å². The number of esters is 1. The lowest BCUT2D eigenvalue weighted by atomic mass is 10.1. The van der Waals surface area contributed by atoms with Crippen LogP contribution in [0.2, 0.25) is 0 Å². The molecule has 0 fully saturated rings.